The van der Waals surface area contributed by atoms with Crippen LogP contribution < -0.4 is 0 Å². The van der Waals surface area contributed by atoms with Crippen LogP contribution in [0.4, 0.5) is 0 Å². The first-order valence-corrected chi connectivity index (χ1v) is 4.59. The molecule has 0 radical (unpaired) electrons. The molecule has 1 aliphatic carbocycles. The summed E-state index contributed by atoms with van der Waals surface area (Å²) >= 11 is 1.76. The third kappa shape index (κ3) is 0.965. The molecule has 1 fully saturated rings. The highest BCUT2D eigenvalue weighted by atomic mass is 32.1. The van der Waals surface area contributed by atoms with E-state index in [0.717, 1.165) is 6.42 Å². The first kappa shape index (κ1) is 6.87. The summed E-state index contributed by atoms with van der Waals surface area (Å²) in [4.78, 5) is 1.37. The summed E-state index contributed by atoms with van der Waals surface area (Å²) in [5.41, 5.74) is -0.0507. The minimum absolute atomic E-state index is 0.0507. The Hall–Kier alpha value is -0.810. The van der Waals surface area contributed by atoms with E-state index in [2.05, 4.69) is 23.6 Å². The molecule has 2 heteroatoms. The maximum absolute atomic E-state index is 8.79. The number of nitriles is 1. The highest BCUT2D eigenvalue weighted by Gasteiger charge is 2.51. The first-order chi connectivity index (χ1) is 5.26. The Morgan fingerprint density at radius 2 is 2.64 bits per heavy atom. The van der Waals surface area contributed by atoms with Crippen LogP contribution in [0.3, 0.4) is 0 Å². The predicted octanol–water partition coefficient (Wildman–Crippen LogP) is 2.77. The number of hydrogen-bond acceptors (Lipinski definition) is 2. The van der Waals surface area contributed by atoms with E-state index in [1.807, 2.05) is 6.92 Å². The van der Waals surface area contributed by atoms with E-state index >= 15 is 0 Å². The van der Waals surface area contributed by atoms with Crippen LogP contribution in [-0.2, 0) is 0 Å². The maximum atomic E-state index is 8.79. The lowest BCUT2D eigenvalue weighted by Gasteiger charge is -1.95. The van der Waals surface area contributed by atoms with E-state index in [4.69, 9.17) is 5.26 Å². The molecule has 2 atom stereocenters. The van der Waals surface area contributed by atoms with Crippen molar-refractivity contribution in [3.63, 3.8) is 0 Å². The zero-order valence-electron chi connectivity index (χ0n) is 6.37. The molecule has 1 heterocycles. The summed E-state index contributed by atoms with van der Waals surface area (Å²) in [6, 6.07) is 6.53. The summed E-state index contributed by atoms with van der Waals surface area (Å²) in [5, 5.41) is 10.9. The van der Waals surface area contributed by atoms with E-state index in [0.29, 0.717) is 5.92 Å². The van der Waals surface area contributed by atoms with Crippen LogP contribution in [-0.4, -0.2) is 0 Å². The monoisotopic (exact) mass is 163 g/mol. The Bertz CT molecular complexity index is 296. The summed E-state index contributed by atoms with van der Waals surface area (Å²) in [5.74, 6) is 0.521. The molecule has 0 aromatic carbocycles. The highest BCUT2D eigenvalue weighted by Crippen LogP contribution is 2.59. The topological polar surface area (TPSA) is 23.8 Å². The molecule has 0 aliphatic heterocycles. The van der Waals surface area contributed by atoms with Crippen LogP contribution in [0.25, 0.3) is 0 Å². The molecule has 1 aliphatic rings. The lowest BCUT2D eigenvalue weighted by atomic mass is 10.1. The van der Waals surface area contributed by atoms with Gasteiger partial charge in [-0.1, -0.05) is 6.07 Å². The molecule has 0 saturated heterocycles. The van der Waals surface area contributed by atoms with Crippen LogP contribution in [0, 0.1) is 16.7 Å². The fourth-order valence-electron chi connectivity index (χ4n) is 1.39. The van der Waals surface area contributed by atoms with Gasteiger partial charge in [0.1, 0.15) is 0 Å². The molecule has 1 aromatic rings. The average molecular weight is 163 g/mol. The third-order valence-electron chi connectivity index (χ3n) is 2.38. The number of rotatable bonds is 1. The summed E-state index contributed by atoms with van der Waals surface area (Å²) < 4.78 is 0. The van der Waals surface area contributed by atoms with Crippen molar-refractivity contribution in [3.05, 3.63) is 22.4 Å². The van der Waals surface area contributed by atoms with E-state index < -0.39 is 0 Å². The van der Waals surface area contributed by atoms with E-state index in [-0.39, 0.29) is 5.41 Å². The van der Waals surface area contributed by atoms with Gasteiger partial charge < -0.3 is 0 Å². The Balaban J connectivity index is 2.21. The highest BCUT2D eigenvalue weighted by molar-refractivity contribution is 7.10. The Kier molecular flexibility index (Phi) is 1.30. The van der Waals surface area contributed by atoms with E-state index in [1.165, 1.54) is 4.88 Å². The number of thiophene rings is 1. The molecule has 0 amide bonds. The summed E-state index contributed by atoms with van der Waals surface area (Å²) in [7, 11) is 0. The largest absolute Gasteiger partial charge is 0.198 e. The van der Waals surface area contributed by atoms with Crippen molar-refractivity contribution in [3.8, 4) is 6.07 Å². The minimum atomic E-state index is -0.0507. The van der Waals surface area contributed by atoms with Gasteiger partial charge in [-0.05, 0) is 24.8 Å². The smallest absolute Gasteiger partial charge is 0.0693 e. The molecule has 2 rings (SSSR count). The quantitative estimate of drug-likeness (QED) is 0.624. The molecule has 0 bridgehead atoms. The predicted molar refractivity (Wildman–Crippen MR) is 45.4 cm³/mol. The molecule has 11 heavy (non-hydrogen) atoms. The molecular weight excluding hydrogens is 154 g/mol. The van der Waals surface area contributed by atoms with Crippen molar-refractivity contribution in [1.82, 2.24) is 0 Å². The zero-order chi connectivity index (χ0) is 7.90. The zero-order valence-corrected chi connectivity index (χ0v) is 7.19. The summed E-state index contributed by atoms with van der Waals surface area (Å²) in [6.45, 7) is 2.04. The van der Waals surface area contributed by atoms with Gasteiger partial charge in [0.25, 0.3) is 0 Å². The fraction of sp³-hybridized carbons (Fsp3) is 0.444. The second-order valence-corrected chi connectivity index (χ2v) is 4.28. The van der Waals surface area contributed by atoms with Gasteiger partial charge in [0.2, 0.25) is 0 Å². The van der Waals surface area contributed by atoms with Gasteiger partial charge in [0.15, 0.2) is 0 Å². The maximum Gasteiger partial charge on any atom is 0.0693 e. The Morgan fingerprint density at radius 3 is 3.09 bits per heavy atom. The van der Waals surface area contributed by atoms with Crippen molar-refractivity contribution < 1.29 is 0 Å². The van der Waals surface area contributed by atoms with Crippen LogP contribution in [0.1, 0.15) is 24.1 Å². The molecule has 0 N–H and O–H groups in total. The molecule has 1 saturated carbocycles. The molecule has 0 spiro atoms. The van der Waals surface area contributed by atoms with Gasteiger partial charge >= 0.3 is 0 Å². The van der Waals surface area contributed by atoms with Crippen LogP contribution >= 0.6 is 11.3 Å². The van der Waals surface area contributed by atoms with Gasteiger partial charge in [-0.25, -0.2) is 0 Å². The lowest BCUT2D eigenvalue weighted by Crippen LogP contribution is -1.89. The first-order valence-electron chi connectivity index (χ1n) is 3.71. The second kappa shape index (κ2) is 2.09. The average Bonchev–Trinajstić information content (AvgIpc) is 2.53. The van der Waals surface area contributed by atoms with Crippen molar-refractivity contribution in [2.45, 2.75) is 19.3 Å². The standard InChI is InChI=1S/C9H9NS/c1-9(6-10)5-7(9)8-3-2-4-11-8/h2-4,7H,5H2,1H3. The number of nitrogens with zero attached hydrogens (tertiary/aromatic N) is 1. The van der Waals surface area contributed by atoms with Crippen molar-refractivity contribution in [2.24, 2.45) is 5.41 Å². The molecule has 1 nitrogen and oxygen atoms in total. The van der Waals surface area contributed by atoms with Crippen molar-refractivity contribution in [1.29, 1.82) is 5.26 Å². The van der Waals surface area contributed by atoms with E-state index in [1.54, 1.807) is 11.3 Å². The molecule has 1 aromatic heterocycles. The van der Waals surface area contributed by atoms with Crippen LogP contribution in [0.5, 0.6) is 0 Å². The summed E-state index contributed by atoms with van der Waals surface area (Å²) in [6.07, 6.45) is 1.05. The Labute approximate surface area is 70.3 Å². The molecular formula is C9H9NS. The van der Waals surface area contributed by atoms with Gasteiger partial charge in [-0.2, -0.15) is 5.26 Å². The van der Waals surface area contributed by atoms with Gasteiger partial charge in [-0.3, -0.25) is 0 Å². The van der Waals surface area contributed by atoms with Gasteiger partial charge in [-0.15, -0.1) is 11.3 Å². The van der Waals surface area contributed by atoms with E-state index in [9.17, 15) is 0 Å². The molecule has 2 unspecified atom stereocenters. The SMILES string of the molecule is CC1(C#N)CC1c1cccs1. The second-order valence-electron chi connectivity index (χ2n) is 3.30. The van der Waals surface area contributed by atoms with Crippen LogP contribution in [0.2, 0.25) is 0 Å². The number of hydrogen-bond donors (Lipinski definition) is 0. The molecule has 56 valence electrons. The normalized spacial score (nSPS) is 34.7. The lowest BCUT2D eigenvalue weighted by molar-refractivity contribution is 0.732. The van der Waals surface area contributed by atoms with Crippen LogP contribution in [0.15, 0.2) is 17.5 Å². The third-order valence-corrected chi connectivity index (χ3v) is 3.37. The van der Waals surface area contributed by atoms with Gasteiger partial charge in [0, 0.05) is 10.8 Å². The fourth-order valence-corrected chi connectivity index (χ4v) is 2.37. The minimum Gasteiger partial charge on any atom is -0.198 e. The van der Waals surface area contributed by atoms with Gasteiger partial charge in [0.05, 0.1) is 11.5 Å². The van der Waals surface area contributed by atoms with Crippen molar-refractivity contribution in [2.75, 3.05) is 0 Å². The van der Waals surface area contributed by atoms with Crippen molar-refractivity contribution >= 4 is 11.3 Å². The Morgan fingerprint density at radius 1 is 1.82 bits per heavy atom.